The number of carbonyl (C=O) groups excluding carboxylic acids is 1. The van der Waals surface area contributed by atoms with Crippen LogP contribution in [0.25, 0.3) is 0 Å². The van der Waals surface area contributed by atoms with E-state index in [0.717, 1.165) is 25.7 Å². The maximum atomic E-state index is 14.5. The minimum Gasteiger partial charge on any atom is -0.493 e. The molecule has 1 aliphatic rings. The Morgan fingerprint density at radius 1 is 1.04 bits per heavy atom. The lowest BCUT2D eigenvalue weighted by Crippen LogP contribution is -2.41. The van der Waals surface area contributed by atoms with Crippen LogP contribution in [0.2, 0.25) is 0 Å². The average Bonchev–Trinajstić information content (AvgIpc) is 2.77. The van der Waals surface area contributed by atoms with Gasteiger partial charge in [0.1, 0.15) is 11.6 Å². The second-order valence-electron chi connectivity index (χ2n) is 7.87. The molecule has 7 heteroatoms. The highest BCUT2D eigenvalue weighted by Gasteiger charge is 2.52. The second kappa shape index (κ2) is 9.06. The fourth-order valence-electron chi connectivity index (χ4n) is 2.72. The third-order valence-corrected chi connectivity index (χ3v) is 5.09. The van der Waals surface area contributed by atoms with Gasteiger partial charge in [-0.3, -0.25) is 4.79 Å². The minimum absolute atomic E-state index is 0.246. The van der Waals surface area contributed by atoms with Crippen molar-refractivity contribution in [3.05, 3.63) is 24.0 Å². The van der Waals surface area contributed by atoms with Crippen LogP contribution < -0.4 is 10.2 Å². The third-order valence-electron chi connectivity index (χ3n) is 5.09. The first-order chi connectivity index (χ1) is 12.6. The highest BCUT2D eigenvalue weighted by molar-refractivity contribution is 6.62. The second-order valence-corrected chi connectivity index (χ2v) is 7.87. The Morgan fingerprint density at radius 3 is 2.19 bits per heavy atom. The summed E-state index contributed by atoms with van der Waals surface area (Å²) < 4.78 is 36.8. The van der Waals surface area contributed by atoms with E-state index in [-0.39, 0.29) is 5.97 Å². The number of unbranched alkanes of at least 4 members (excludes halogenated alkanes) is 3. The number of carbonyl (C=O) groups is 1. The van der Waals surface area contributed by atoms with Crippen LogP contribution in [-0.4, -0.2) is 37.5 Å². The van der Waals surface area contributed by atoms with Gasteiger partial charge in [-0.25, -0.2) is 4.39 Å². The van der Waals surface area contributed by atoms with Crippen LogP contribution in [0.15, 0.2) is 18.2 Å². The molecule has 0 atom stereocenters. The molecule has 1 aromatic carbocycles. The fraction of sp³-hybridized carbons (Fsp3) is 0.650. The summed E-state index contributed by atoms with van der Waals surface area (Å²) in [5, 5.41) is 0. The van der Waals surface area contributed by atoms with Gasteiger partial charge in [-0.15, -0.1) is 0 Å². The Morgan fingerprint density at radius 2 is 1.63 bits per heavy atom. The lowest BCUT2D eigenvalue weighted by atomic mass is 9.78. The Labute approximate surface area is 161 Å². The Hall–Kier alpha value is -1.60. The predicted molar refractivity (Wildman–Crippen MR) is 103 cm³/mol. The molecule has 0 radical (unpaired) electrons. The smallest absolute Gasteiger partial charge is 0.493 e. The highest BCUT2D eigenvalue weighted by Crippen LogP contribution is 2.36. The third kappa shape index (κ3) is 5.94. The number of halogens is 1. The van der Waals surface area contributed by atoms with Gasteiger partial charge in [0.25, 0.3) is 0 Å². The summed E-state index contributed by atoms with van der Waals surface area (Å²) in [6, 6.07) is 4.77. The van der Waals surface area contributed by atoms with E-state index in [1.807, 2.05) is 27.7 Å². The zero-order valence-corrected chi connectivity index (χ0v) is 17.0. The lowest BCUT2D eigenvalue weighted by Gasteiger charge is -2.32. The van der Waals surface area contributed by atoms with Crippen molar-refractivity contribution in [2.75, 3.05) is 13.2 Å². The van der Waals surface area contributed by atoms with Crippen LogP contribution >= 0.6 is 0 Å². The van der Waals surface area contributed by atoms with Gasteiger partial charge in [0, 0.05) is 18.5 Å². The maximum absolute atomic E-state index is 14.5. The number of esters is 1. The summed E-state index contributed by atoms with van der Waals surface area (Å²) in [6.07, 6.45) is 3.64. The topological polar surface area (TPSA) is 54.0 Å². The molecule has 5 nitrogen and oxygen atoms in total. The number of rotatable bonds is 9. The van der Waals surface area contributed by atoms with Crippen LogP contribution in [0.4, 0.5) is 4.39 Å². The molecule has 1 aromatic rings. The monoisotopic (exact) mass is 380 g/mol. The van der Waals surface area contributed by atoms with E-state index >= 15 is 0 Å². The summed E-state index contributed by atoms with van der Waals surface area (Å²) in [4.78, 5) is 10.6. The number of ether oxygens (including phenoxy) is 2. The molecule has 0 aliphatic carbocycles. The van der Waals surface area contributed by atoms with Gasteiger partial charge in [0.15, 0.2) is 0 Å². The van der Waals surface area contributed by atoms with Gasteiger partial charge >= 0.3 is 13.1 Å². The molecule has 2 rings (SSSR count). The van der Waals surface area contributed by atoms with Crippen LogP contribution in [0.5, 0.6) is 5.75 Å². The van der Waals surface area contributed by atoms with Crippen molar-refractivity contribution in [3.8, 4) is 5.75 Å². The van der Waals surface area contributed by atoms with Crippen molar-refractivity contribution >= 4 is 18.6 Å². The molecule has 1 saturated heterocycles. The van der Waals surface area contributed by atoms with E-state index in [0.29, 0.717) is 24.4 Å². The normalized spacial score (nSPS) is 17.8. The molecule has 0 amide bonds. The van der Waals surface area contributed by atoms with E-state index in [1.54, 1.807) is 12.1 Å². The van der Waals surface area contributed by atoms with Gasteiger partial charge in [-0.1, -0.05) is 6.07 Å². The molecule has 27 heavy (non-hydrogen) atoms. The van der Waals surface area contributed by atoms with Crippen molar-refractivity contribution in [2.24, 2.45) is 0 Å². The van der Waals surface area contributed by atoms with Gasteiger partial charge in [-0.2, -0.15) is 0 Å². The summed E-state index contributed by atoms with van der Waals surface area (Å²) >= 11 is 0. The number of hydrogen-bond acceptors (Lipinski definition) is 5. The van der Waals surface area contributed by atoms with Gasteiger partial charge in [-0.05, 0) is 59.4 Å². The highest BCUT2D eigenvalue weighted by atomic mass is 19.1. The van der Waals surface area contributed by atoms with Crippen LogP contribution in [0, 0.1) is 5.82 Å². The molecule has 1 aliphatic heterocycles. The largest absolute Gasteiger partial charge is 0.497 e. The Kier molecular flexibility index (Phi) is 7.29. The molecule has 0 aromatic heterocycles. The average molecular weight is 380 g/mol. The summed E-state index contributed by atoms with van der Waals surface area (Å²) in [6.45, 7) is 10.1. The molecule has 0 saturated carbocycles. The van der Waals surface area contributed by atoms with Crippen LogP contribution in [-0.2, 0) is 18.8 Å². The first-order valence-corrected chi connectivity index (χ1v) is 9.54. The molecule has 0 unspecified atom stereocenters. The summed E-state index contributed by atoms with van der Waals surface area (Å²) in [7, 11) is -0.721. The lowest BCUT2D eigenvalue weighted by molar-refractivity contribution is -0.141. The van der Waals surface area contributed by atoms with Crippen LogP contribution in [0.3, 0.4) is 0 Å². The molecular weight excluding hydrogens is 350 g/mol. The molecule has 1 heterocycles. The molecule has 0 spiro atoms. The van der Waals surface area contributed by atoms with Crippen molar-refractivity contribution in [2.45, 2.75) is 71.5 Å². The van der Waals surface area contributed by atoms with Gasteiger partial charge in [0.05, 0.1) is 24.4 Å². The molecular formula is C20H30BFO5. The van der Waals surface area contributed by atoms with E-state index in [9.17, 15) is 9.18 Å². The molecule has 0 N–H and O–H groups in total. The van der Waals surface area contributed by atoms with E-state index in [2.05, 4.69) is 0 Å². The molecule has 150 valence electrons. The van der Waals surface area contributed by atoms with E-state index in [1.165, 1.54) is 13.0 Å². The van der Waals surface area contributed by atoms with E-state index in [4.69, 9.17) is 18.8 Å². The summed E-state index contributed by atoms with van der Waals surface area (Å²) in [5.74, 6) is -0.149. The standard InChI is InChI=1S/C20H30BFO5/c1-15(23)24-12-8-6-7-9-13-25-16-10-11-17(18(22)14-16)21-26-19(2,3)20(4,5)27-21/h10-11,14H,6-9,12-13H2,1-5H3. The first kappa shape index (κ1) is 21.7. The maximum Gasteiger partial charge on any atom is 0.497 e. The number of benzene rings is 1. The SMILES string of the molecule is CC(=O)OCCCCCCOc1ccc(B2OC(C)(C)C(C)(C)O2)c(F)c1. The molecule has 1 fully saturated rings. The first-order valence-electron chi connectivity index (χ1n) is 9.54. The Bertz CT molecular complexity index is 631. The van der Waals surface area contributed by atoms with Crippen molar-refractivity contribution in [1.82, 2.24) is 0 Å². The zero-order chi connectivity index (χ0) is 20.1. The van der Waals surface area contributed by atoms with Gasteiger partial charge in [0.2, 0.25) is 0 Å². The Balaban J connectivity index is 1.76. The van der Waals surface area contributed by atoms with Crippen molar-refractivity contribution in [1.29, 1.82) is 0 Å². The predicted octanol–water partition coefficient (Wildman–Crippen LogP) is 3.63. The quantitative estimate of drug-likeness (QED) is 0.372. The minimum atomic E-state index is -0.721. The van der Waals surface area contributed by atoms with Crippen molar-refractivity contribution < 1.29 is 28.0 Å². The van der Waals surface area contributed by atoms with Crippen molar-refractivity contribution in [3.63, 3.8) is 0 Å². The summed E-state index contributed by atoms with van der Waals surface area (Å²) in [5.41, 5.74) is -0.629. The fourth-order valence-corrected chi connectivity index (χ4v) is 2.72. The molecule has 0 bridgehead atoms. The number of hydrogen-bond donors (Lipinski definition) is 0. The zero-order valence-electron chi connectivity index (χ0n) is 17.0. The van der Waals surface area contributed by atoms with Crippen LogP contribution in [0.1, 0.15) is 60.3 Å². The van der Waals surface area contributed by atoms with Gasteiger partial charge < -0.3 is 18.8 Å². The van der Waals surface area contributed by atoms with E-state index < -0.39 is 24.1 Å².